The van der Waals surface area contributed by atoms with E-state index in [9.17, 15) is 9.59 Å². The summed E-state index contributed by atoms with van der Waals surface area (Å²) in [4.78, 5) is 24.7. The largest absolute Gasteiger partial charge is 0.349 e. The van der Waals surface area contributed by atoms with E-state index in [2.05, 4.69) is 17.4 Å². The summed E-state index contributed by atoms with van der Waals surface area (Å²) >= 11 is 0. The Morgan fingerprint density at radius 1 is 0.704 bits per heavy atom. The summed E-state index contributed by atoms with van der Waals surface area (Å²) in [5, 5.41) is 3.10. The quantitative estimate of drug-likeness (QED) is 0.591. The fraction of sp³-hybridized carbons (Fsp3) is 0.167. The average molecular weight is 357 g/mol. The van der Waals surface area contributed by atoms with E-state index in [4.69, 9.17) is 0 Å². The normalized spacial score (nSPS) is 11.6. The molecular formula is C24H23NO2. The van der Waals surface area contributed by atoms with Crippen molar-refractivity contribution in [2.45, 2.75) is 25.3 Å². The highest BCUT2D eigenvalue weighted by Gasteiger charge is 2.16. The molecule has 1 unspecified atom stereocenters. The number of amides is 1. The molecule has 0 fully saturated rings. The Labute approximate surface area is 160 Å². The van der Waals surface area contributed by atoms with Gasteiger partial charge in [0.25, 0.3) is 0 Å². The molecule has 3 heteroatoms. The molecule has 3 rings (SSSR count). The second-order valence-corrected chi connectivity index (χ2v) is 6.51. The minimum Gasteiger partial charge on any atom is -0.349 e. The molecule has 0 aliphatic carbocycles. The van der Waals surface area contributed by atoms with Crippen molar-refractivity contribution < 1.29 is 9.59 Å². The minimum atomic E-state index is -0.118. The first-order valence-electron chi connectivity index (χ1n) is 9.19. The van der Waals surface area contributed by atoms with Crippen LogP contribution >= 0.6 is 0 Å². The third-order valence-corrected chi connectivity index (χ3v) is 4.49. The van der Waals surface area contributed by atoms with E-state index in [1.807, 2.05) is 66.7 Å². The lowest BCUT2D eigenvalue weighted by Crippen LogP contribution is -2.30. The Kier molecular flexibility index (Phi) is 6.53. The van der Waals surface area contributed by atoms with E-state index in [-0.39, 0.29) is 30.6 Å². The second-order valence-electron chi connectivity index (χ2n) is 6.51. The van der Waals surface area contributed by atoms with Crippen molar-refractivity contribution in [2.75, 3.05) is 0 Å². The summed E-state index contributed by atoms with van der Waals surface area (Å²) in [5.41, 5.74) is 2.87. The zero-order chi connectivity index (χ0) is 18.9. The van der Waals surface area contributed by atoms with Gasteiger partial charge in [0, 0.05) is 18.4 Å². The maximum Gasteiger partial charge on any atom is 0.220 e. The van der Waals surface area contributed by atoms with E-state index in [0.29, 0.717) is 12.0 Å². The van der Waals surface area contributed by atoms with Gasteiger partial charge < -0.3 is 5.32 Å². The molecule has 0 saturated carbocycles. The van der Waals surface area contributed by atoms with Gasteiger partial charge in [0.1, 0.15) is 0 Å². The van der Waals surface area contributed by atoms with Crippen LogP contribution in [-0.2, 0) is 11.2 Å². The Bertz CT molecular complexity index is 861. The molecular weight excluding hydrogens is 334 g/mol. The number of benzene rings is 3. The van der Waals surface area contributed by atoms with Crippen molar-refractivity contribution in [2.24, 2.45) is 0 Å². The molecule has 0 radical (unpaired) electrons. The van der Waals surface area contributed by atoms with Crippen LogP contribution in [0.2, 0.25) is 0 Å². The molecule has 0 heterocycles. The van der Waals surface area contributed by atoms with Crippen molar-refractivity contribution in [3.8, 4) is 0 Å². The molecule has 136 valence electrons. The van der Waals surface area contributed by atoms with Gasteiger partial charge in [-0.25, -0.2) is 0 Å². The van der Waals surface area contributed by atoms with Crippen molar-refractivity contribution in [3.63, 3.8) is 0 Å². The molecule has 3 nitrogen and oxygen atoms in total. The first-order valence-corrected chi connectivity index (χ1v) is 9.19. The van der Waals surface area contributed by atoms with Gasteiger partial charge in [0.05, 0.1) is 6.04 Å². The fourth-order valence-corrected chi connectivity index (χ4v) is 3.05. The first kappa shape index (κ1) is 18.6. The fourth-order valence-electron chi connectivity index (χ4n) is 3.05. The maximum atomic E-state index is 12.5. The molecule has 0 aliphatic rings. The van der Waals surface area contributed by atoms with Crippen LogP contribution in [0.4, 0.5) is 0 Å². The number of nitrogens with one attached hydrogen (secondary N) is 1. The van der Waals surface area contributed by atoms with E-state index >= 15 is 0 Å². The summed E-state index contributed by atoms with van der Waals surface area (Å²) in [6.07, 6.45) is 1.11. The van der Waals surface area contributed by atoms with Gasteiger partial charge in [0.2, 0.25) is 5.91 Å². The number of rotatable bonds is 8. The number of ketones is 1. The van der Waals surface area contributed by atoms with Gasteiger partial charge in [-0.15, -0.1) is 0 Å². The Morgan fingerprint density at radius 3 is 1.89 bits per heavy atom. The topological polar surface area (TPSA) is 46.2 Å². The van der Waals surface area contributed by atoms with Gasteiger partial charge in [-0.05, 0) is 17.5 Å². The average Bonchev–Trinajstić information content (AvgIpc) is 2.73. The van der Waals surface area contributed by atoms with Gasteiger partial charge in [-0.1, -0.05) is 91.0 Å². The van der Waals surface area contributed by atoms with Crippen LogP contribution in [0.3, 0.4) is 0 Å². The maximum absolute atomic E-state index is 12.5. The monoisotopic (exact) mass is 357 g/mol. The van der Waals surface area contributed by atoms with E-state index in [1.165, 1.54) is 0 Å². The predicted octanol–water partition coefficient (Wildman–Crippen LogP) is 4.75. The molecule has 1 amide bonds. The van der Waals surface area contributed by atoms with Gasteiger partial charge in [0.15, 0.2) is 5.78 Å². The van der Waals surface area contributed by atoms with Crippen molar-refractivity contribution in [1.82, 2.24) is 5.32 Å². The van der Waals surface area contributed by atoms with Gasteiger partial charge in [-0.2, -0.15) is 0 Å². The highest BCUT2D eigenvalue weighted by molar-refractivity contribution is 5.97. The number of hydrogen-bond donors (Lipinski definition) is 1. The van der Waals surface area contributed by atoms with Crippen LogP contribution < -0.4 is 5.32 Å². The molecule has 1 atom stereocenters. The lowest BCUT2D eigenvalue weighted by Gasteiger charge is -2.19. The number of Topliss-reactive ketones (excluding diaryl/α,β-unsaturated/α-hetero) is 1. The smallest absolute Gasteiger partial charge is 0.220 e. The van der Waals surface area contributed by atoms with Crippen LogP contribution in [0.25, 0.3) is 0 Å². The third kappa shape index (κ3) is 5.65. The van der Waals surface area contributed by atoms with Crippen molar-refractivity contribution >= 4 is 11.7 Å². The zero-order valence-corrected chi connectivity index (χ0v) is 15.2. The second kappa shape index (κ2) is 9.48. The molecule has 0 aromatic heterocycles. The van der Waals surface area contributed by atoms with Gasteiger partial charge in [-0.3, -0.25) is 9.59 Å². The number of hydrogen-bond acceptors (Lipinski definition) is 2. The summed E-state index contributed by atoms with van der Waals surface area (Å²) < 4.78 is 0. The summed E-state index contributed by atoms with van der Waals surface area (Å²) in [6.45, 7) is 0. The molecule has 0 saturated heterocycles. The van der Waals surface area contributed by atoms with Crippen LogP contribution in [0.15, 0.2) is 91.0 Å². The standard InChI is InChI=1S/C24H23NO2/c26-23(21-14-8-3-9-15-21)16-17-24(27)25-22(20-12-6-2-7-13-20)18-19-10-4-1-5-11-19/h1-15,22H,16-18H2,(H,25,27). The highest BCUT2D eigenvalue weighted by atomic mass is 16.2. The molecule has 0 aliphatic heterocycles. The lowest BCUT2D eigenvalue weighted by molar-refractivity contribution is -0.121. The molecule has 27 heavy (non-hydrogen) atoms. The minimum absolute atomic E-state index is 0.00919. The molecule has 3 aromatic carbocycles. The molecule has 0 bridgehead atoms. The number of carbonyl (C=O) groups is 2. The summed E-state index contributed by atoms with van der Waals surface area (Å²) in [5.74, 6) is -0.117. The highest BCUT2D eigenvalue weighted by Crippen LogP contribution is 2.19. The van der Waals surface area contributed by atoms with E-state index in [1.54, 1.807) is 12.1 Å². The predicted molar refractivity (Wildman–Crippen MR) is 107 cm³/mol. The summed E-state index contributed by atoms with van der Waals surface area (Å²) in [6, 6.07) is 29.0. The van der Waals surface area contributed by atoms with Crippen LogP contribution in [-0.4, -0.2) is 11.7 Å². The van der Waals surface area contributed by atoms with Crippen molar-refractivity contribution in [1.29, 1.82) is 0 Å². The summed E-state index contributed by atoms with van der Waals surface area (Å²) in [7, 11) is 0. The lowest BCUT2D eigenvalue weighted by atomic mass is 9.98. The Morgan fingerprint density at radius 2 is 1.26 bits per heavy atom. The van der Waals surface area contributed by atoms with E-state index in [0.717, 1.165) is 11.1 Å². The van der Waals surface area contributed by atoms with Crippen LogP contribution in [0.1, 0.15) is 40.4 Å². The SMILES string of the molecule is O=C(CCC(=O)c1ccccc1)NC(Cc1ccccc1)c1ccccc1. The molecule has 3 aromatic rings. The molecule has 0 spiro atoms. The zero-order valence-electron chi connectivity index (χ0n) is 15.2. The van der Waals surface area contributed by atoms with Gasteiger partial charge >= 0.3 is 0 Å². The Hall–Kier alpha value is -3.20. The molecule has 1 N–H and O–H groups in total. The van der Waals surface area contributed by atoms with Crippen molar-refractivity contribution in [3.05, 3.63) is 108 Å². The van der Waals surface area contributed by atoms with E-state index < -0.39 is 0 Å². The van der Waals surface area contributed by atoms with Crippen LogP contribution in [0, 0.1) is 0 Å². The third-order valence-electron chi connectivity index (χ3n) is 4.49. The first-order chi connectivity index (χ1) is 13.2. The Balaban J connectivity index is 1.63. The van der Waals surface area contributed by atoms with Crippen LogP contribution in [0.5, 0.6) is 0 Å². The number of carbonyl (C=O) groups excluding carboxylic acids is 2.